The molecular weight excluding hydrogens is 622 g/mol. The fraction of sp³-hybridized carbons (Fsp3) is 0.278. The maximum atomic E-state index is 12.9. The van der Waals surface area contributed by atoms with Crippen molar-refractivity contribution >= 4 is 34.6 Å². The first-order chi connectivity index (χ1) is 24.0. The van der Waals surface area contributed by atoms with Crippen molar-refractivity contribution in [1.29, 1.82) is 0 Å². The molecule has 2 fully saturated rings. The molecule has 2 amide bonds. The molecule has 7 rings (SSSR count). The van der Waals surface area contributed by atoms with E-state index in [0.717, 1.165) is 23.1 Å². The van der Waals surface area contributed by atoms with Gasteiger partial charge in [0.2, 0.25) is 11.9 Å². The number of benzene rings is 2. The number of anilines is 2. The van der Waals surface area contributed by atoms with Crippen LogP contribution in [0.1, 0.15) is 35.2 Å². The molecule has 2 aliphatic rings. The molecule has 0 unspecified atom stereocenters. The molecule has 2 aromatic carbocycles. The van der Waals surface area contributed by atoms with E-state index in [1.165, 1.54) is 12.8 Å². The van der Waals surface area contributed by atoms with Gasteiger partial charge in [0.15, 0.2) is 11.5 Å². The number of methoxy groups -OCH3 is 1. The van der Waals surface area contributed by atoms with Crippen LogP contribution >= 0.6 is 0 Å². The Morgan fingerprint density at radius 3 is 2.45 bits per heavy atom. The molecule has 0 spiro atoms. The Kier molecular flexibility index (Phi) is 9.41. The number of carbonyl (C=O) groups excluding carboxylic acids is 2. The van der Waals surface area contributed by atoms with Gasteiger partial charge in [0.05, 0.1) is 13.7 Å². The first kappa shape index (κ1) is 31.8. The van der Waals surface area contributed by atoms with Gasteiger partial charge >= 0.3 is 0 Å². The number of carbonyl (C=O) groups is 2. The monoisotopic (exact) mass is 659 g/mol. The number of hydrogen-bond acceptors (Lipinski definition) is 10. The molecule has 3 N–H and O–H groups in total. The molecule has 5 aromatic rings. The summed E-state index contributed by atoms with van der Waals surface area (Å²) in [4.78, 5) is 40.2. The lowest BCUT2D eigenvalue weighted by atomic mass is 10.2. The van der Waals surface area contributed by atoms with Gasteiger partial charge in [0.1, 0.15) is 22.6 Å². The minimum absolute atomic E-state index is 0.00563. The third-order valence-electron chi connectivity index (χ3n) is 8.42. The van der Waals surface area contributed by atoms with Gasteiger partial charge in [0, 0.05) is 68.0 Å². The van der Waals surface area contributed by atoms with Crippen molar-refractivity contribution in [3.63, 3.8) is 0 Å². The summed E-state index contributed by atoms with van der Waals surface area (Å²) in [7, 11) is 1.64. The van der Waals surface area contributed by atoms with Crippen LogP contribution in [0.15, 0.2) is 91.4 Å². The van der Waals surface area contributed by atoms with Crippen LogP contribution in [0.25, 0.3) is 11.0 Å². The normalized spacial score (nSPS) is 15.9. The van der Waals surface area contributed by atoms with Crippen molar-refractivity contribution in [2.45, 2.75) is 37.9 Å². The molecule has 1 saturated heterocycles. The molecule has 1 atom stereocenters. The molecule has 4 heterocycles. The minimum atomic E-state index is -0.329. The van der Waals surface area contributed by atoms with Crippen molar-refractivity contribution in [3.05, 3.63) is 103 Å². The average Bonchev–Trinajstić information content (AvgIpc) is 3.73. The maximum absolute atomic E-state index is 12.9. The summed E-state index contributed by atoms with van der Waals surface area (Å²) in [5, 5.41) is 15.4. The number of rotatable bonds is 13. The summed E-state index contributed by atoms with van der Waals surface area (Å²) >= 11 is 0. The Morgan fingerprint density at radius 1 is 0.918 bits per heavy atom. The molecule has 1 aliphatic heterocycles. The van der Waals surface area contributed by atoms with E-state index in [1.54, 1.807) is 68.2 Å². The van der Waals surface area contributed by atoms with Gasteiger partial charge < -0.3 is 25.0 Å². The average molecular weight is 660 g/mol. The lowest BCUT2D eigenvalue weighted by Crippen LogP contribution is -2.30. The number of aromatic nitrogens is 5. The number of nitrogens with zero attached hydrogens (tertiary/aromatic N) is 6. The molecule has 49 heavy (non-hydrogen) atoms. The number of hydrogen-bond donors (Lipinski definition) is 3. The number of amides is 2. The van der Waals surface area contributed by atoms with Crippen LogP contribution in [0.2, 0.25) is 0 Å². The zero-order valence-corrected chi connectivity index (χ0v) is 27.1. The molecule has 3 aromatic heterocycles. The third kappa shape index (κ3) is 7.84. The highest BCUT2D eigenvalue weighted by Crippen LogP contribution is 2.35. The first-order valence-electron chi connectivity index (χ1n) is 16.3. The second-order valence-electron chi connectivity index (χ2n) is 12.0. The van der Waals surface area contributed by atoms with Gasteiger partial charge in [-0.15, -0.1) is 0 Å². The molecule has 250 valence electrons. The third-order valence-corrected chi connectivity index (χ3v) is 8.42. The largest absolute Gasteiger partial charge is 0.497 e. The summed E-state index contributed by atoms with van der Waals surface area (Å²) in [6.45, 7) is 2.39. The highest BCUT2D eigenvalue weighted by molar-refractivity contribution is 6.03. The van der Waals surface area contributed by atoms with Gasteiger partial charge in [-0.1, -0.05) is 18.2 Å². The number of ether oxygens (including phenoxy) is 2. The van der Waals surface area contributed by atoms with Crippen LogP contribution in [0.5, 0.6) is 17.2 Å². The smallest absolute Gasteiger partial charge is 0.258 e. The lowest BCUT2D eigenvalue weighted by molar-refractivity contribution is -0.125. The summed E-state index contributed by atoms with van der Waals surface area (Å²) in [5.74, 6) is 2.40. The molecular formula is C36H37N9O4. The zero-order chi connectivity index (χ0) is 33.6. The SMILES string of the molecule is COc1ccc(Cn2nc(N[C@@H]3CCN(C(=O)/C=C/CNC4CC4)C3)c3c(Oc4ccc(C(=O)Nc5ncccn5)cc4)ccnc32)cc1. The van der Waals surface area contributed by atoms with Crippen molar-refractivity contribution in [3.8, 4) is 17.2 Å². The van der Waals surface area contributed by atoms with E-state index in [9.17, 15) is 9.59 Å². The van der Waals surface area contributed by atoms with Gasteiger partial charge in [-0.3, -0.25) is 14.9 Å². The zero-order valence-electron chi connectivity index (χ0n) is 27.1. The lowest BCUT2D eigenvalue weighted by Gasteiger charge is -2.16. The molecule has 13 nitrogen and oxygen atoms in total. The Morgan fingerprint density at radius 2 is 1.69 bits per heavy atom. The summed E-state index contributed by atoms with van der Waals surface area (Å²) in [6.07, 6.45) is 11.6. The van der Waals surface area contributed by atoms with Crippen molar-refractivity contribution in [2.75, 3.05) is 37.4 Å². The highest BCUT2D eigenvalue weighted by atomic mass is 16.5. The Labute approximate surface area is 283 Å². The van der Waals surface area contributed by atoms with Gasteiger partial charge in [-0.05, 0) is 67.3 Å². The van der Waals surface area contributed by atoms with Crippen molar-refractivity contribution in [1.82, 2.24) is 34.9 Å². The molecule has 1 aliphatic carbocycles. The quantitative estimate of drug-likeness (QED) is 0.153. The predicted octanol–water partition coefficient (Wildman–Crippen LogP) is 4.64. The topological polar surface area (TPSA) is 148 Å². The Bertz CT molecular complexity index is 1940. The van der Waals surface area contributed by atoms with E-state index < -0.39 is 0 Å². The summed E-state index contributed by atoms with van der Waals surface area (Å²) in [6, 6.07) is 18.7. The van der Waals surface area contributed by atoms with Gasteiger partial charge in [0.25, 0.3) is 5.91 Å². The number of nitrogens with one attached hydrogen (secondary N) is 3. The van der Waals surface area contributed by atoms with Crippen LogP contribution in [0.3, 0.4) is 0 Å². The van der Waals surface area contributed by atoms with Crippen molar-refractivity contribution in [2.24, 2.45) is 0 Å². The van der Waals surface area contributed by atoms with Gasteiger partial charge in [-0.25, -0.2) is 19.6 Å². The van der Waals surface area contributed by atoms with E-state index >= 15 is 0 Å². The Hall–Kier alpha value is -5.82. The van der Waals surface area contributed by atoms with Gasteiger partial charge in [-0.2, -0.15) is 5.10 Å². The second-order valence-corrected chi connectivity index (χ2v) is 12.0. The van der Waals surface area contributed by atoms with Crippen LogP contribution in [0.4, 0.5) is 11.8 Å². The fourth-order valence-corrected chi connectivity index (χ4v) is 5.67. The summed E-state index contributed by atoms with van der Waals surface area (Å²) < 4.78 is 13.6. The Balaban J connectivity index is 1.11. The van der Waals surface area contributed by atoms with E-state index in [1.807, 2.05) is 39.9 Å². The maximum Gasteiger partial charge on any atom is 0.258 e. The fourth-order valence-electron chi connectivity index (χ4n) is 5.67. The number of fused-ring (bicyclic) bond motifs is 1. The van der Waals surface area contributed by atoms with Crippen LogP contribution < -0.4 is 25.4 Å². The number of likely N-dealkylation sites (tertiary alicyclic amines) is 1. The van der Waals surface area contributed by atoms with E-state index in [-0.39, 0.29) is 23.8 Å². The van der Waals surface area contributed by atoms with Crippen LogP contribution in [-0.4, -0.2) is 80.3 Å². The van der Waals surface area contributed by atoms with E-state index in [2.05, 4.69) is 25.9 Å². The molecule has 13 heteroatoms. The number of pyridine rings is 1. The standard InChI is InChI=1S/C36H37N9O4/c1-48-28-11-5-24(6-12-28)22-45-34-32(33(43-45)41-27-16-21-44(23-27)31(46)4-2-17-37-26-9-10-26)30(15-20-38-34)49-29-13-7-25(8-14-29)35(47)42-36-39-18-3-19-40-36/h2-8,11-15,18-20,26-27,37H,9-10,16-17,21-23H2,1H3,(H,41,43)(H,39,40,42,47)/b4-2+/t27-/m1/s1. The van der Waals surface area contributed by atoms with Crippen LogP contribution in [-0.2, 0) is 11.3 Å². The minimum Gasteiger partial charge on any atom is -0.497 e. The second kappa shape index (κ2) is 14.5. The van der Waals surface area contributed by atoms with E-state index in [4.69, 9.17) is 19.6 Å². The molecule has 0 bridgehead atoms. The highest BCUT2D eigenvalue weighted by Gasteiger charge is 2.28. The van der Waals surface area contributed by atoms with Crippen LogP contribution in [0, 0.1) is 0 Å². The molecule has 0 radical (unpaired) electrons. The van der Waals surface area contributed by atoms with Crippen molar-refractivity contribution < 1.29 is 19.1 Å². The summed E-state index contributed by atoms with van der Waals surface area (Å²) in [5.41, 5.74) is 2.11. The van der Waals surface area contributed by atoms with E-state index in [0.29, 0.717) is 60.7 Å². The molecule has 1 saturated carbocycles. The predicted molar refractivity (Wildman–Crippen MR) is 185 cm³/mol. The first-order valence-corrected chi connectivity index (χ1v) is 16.3.